The molecule has 1 aliphatic heterocycles. The van der Waals surface area contributed by atoms with Gasteiger partial charge in [-0.25, -0.2) is 4.39 Å². The Kier molecular flexibility index (Phi) is 5.97. The first-order valence-electron chi connectivity index (χ1n) is 9.99. The van der Waals surface area contributed by atoms with Gasteiger partial charge >= 0.3 is 0 Å². The molecule has 2 aliphatic rings. The van der Waals surface area contributed by atoms with Crippen molar-refractivity contribution >= 4 is 11.6 Å². The number of nitrogens with zero attached hydrogens (tertiary/aromatic N) is 2. The van der Waals surface area contributed by atoms with Crippen molar-refractivity contribution in [3.63, 3.8) is 0 Å². The maximum atomic E-state index is 14.3. The Morgan fingerprint density at radius 2 is 2.04 bits per heavy atom. The Hall–Kier alpha value is -1.53. The molecule has 0 radical (unpaired) electrons. The number of aliphatic hydroxyl groups is 2. The van der Waals surface area contributed by atoms with Crippen molar-refractivity contribution in [2.24, 2.45) is 5.92 Å². The Morgan fingerprint density at radius 1 is 1.18 bits per heavy atom. The van der Waals surface area contributed by atoms with E-state index in [1.54, 1.807) is 18.3 Å². The zero-order chi connectivity index (χ0) is 19.7. The van der Waals surface area contributed by atoms with E-state index in [0.29, 0.717) is 35.9 Å². The van der Waals surface area contributed by atoms with E-state index in [9.17, 15) is 14.6 Å². The van der Waals surface area contributed by atoms with Gasteiger partial charge in [0.05, 0.1) is 17.9 Å². The maximum absolute atomic E-state index is 14.3. The van der Waals surface area contributed by atoms with E-state index < -0.39 is 12.2 Å². The van der Waals surface area contributed by atoms with Gasteiger partial charge in [-0.1, -0.05) is 23.7 Å². The van der Waals surface area contributed by atoms with Gasteiger partial charge < -0.3 is 15.1 Å². The highest BCUT2D eigenvalue weighted by Gasteiger charge is 2.33. The number of pyridine rings is 1. The molecule has 4 atom stereocenters. The van der Waals surface area contributed by atoms with E-state index in [1.807, 2.05) is 12.1 Å². The third-order valence-corrected chi connectivity index (χ3v) is 6.50. The second-order valence-electron chi connectivity index (χ2n) is 8.06. The molecule has 2 N–H and O–H groups in total. The Bertz CT molecular complexity index is 814. The van der Waals surface area contributed by atoms with Crippen LogP contribution >= 0.6 is 11.6 Å². The number of hydrogen-bond donors (Lipinski definition) is 2. The van der Waals surface area contributed by atoms with Crippen LogP contribution in [-0.2, 0) is 6.42 Å². The fourth-order valence-electron chi connectivity index (χ4n) is 4.76. The SMILES string of the molecule is O[C@H]1C[C@H](CN2CC[C@H](c3c(F)cccc3Cl)[C@@H](O)C2)CCc2cccnc21. The molecule has 6 heteroatoms. The summed E-state index contributed by atoms with van der Waals surface area (Å²) in [5.74, 6) is -0.287. The molecule has 2 heterocycles. The highest BCUT2D eigenvalue weighted by Crippen LogP contribution is 2.36. The van der Waals surface area contributed by atoms with E-state index in [1.165, 1.54) is 6.07 Å². The lowest BCUT2D eigenvalue weighted by molar-refractivity contribution is 0.0364. The van der Waals surface area contributed by atoms with Crippen LogP contribution in [0.2, 0.25) is 5.02 Å². The van der Waals surface area contributed by atoms with Crippen LogP contribution in [0.1, 0.15) is 48.1 Å². The highest BCUT2D eigenvalue weighted by atomic mass is 35.5. The van der Waals surface area contributed by atoms with Gasteiger partial charge in [-0.05, 0) is 61.9 Å². The molecular formula is C22H26ClFN2O2. The van der Waals surface area contributed by atoms with Gasteiger partial charge in [-0.3, -0.25) is 4.98 Å². The minimum atomic E-state index is -0.655. The van der Waals surface area contributed by atoms with E-state index in [-0.39, 0.29) is 11.7 Å². The number of aromatic nitrogens is 1. The molecule has 0 saturated carbocycles. The summed E-state index contributed by atoms with van der Waals surface area (Å²) in [6.07, 6.45) is 3.79. The van der Waals surface area contributed by atoms with Crippen LogP contribution in [0.25, 0.3) is 0 Å². The summed E-state index contributed by atoms with van der Waals surface area (Å²) in [6.45, 7) is 2.09. The molecule has 1 saturated heterocycles. The van der Waals surface area contributed by atoms with Crippen LogP contribution in [0.5, 0.6) is 0 Å². The van der Waals surface area contributed by atoms with Gasteiger partial charge in [0.25, 0.3) is 0 Å². The standard InChI is InChI=1S/C22H26ClFN2O2/c23-17-4-1-5-18(24)21(17)16-8-10-26(13-20(16)28)12-14-6-7-15-3-2-9-25-22(15)19(27)11-14/h1-5,9,14,16,19-20,27-28H,6-8,10-13H2/t14-,16+,19+,20+/m1/s1. The zero-order valence-electron chi connectivity index (χ0n) is 15.8. The van der Waals surface area contributed by atoms with E-state index >= 15 is 0 Å². The number of β-amino-alcohol motifs (C(OH)–C–C–N with tert-alkyl or cyclic N) is 1. The first kappa shape index (κ1) is 19.8. The van der Waals surface area contributed by atoms with Crippen LogP contribution in [0.3, 0.4) is 0 Å². The van der Waals surface area contributed by atoms with Crippen molar-refractivity contribution < 1.29 is 14.6 Å². The van der Waals surface area contributed by atoms with Crippen molar-refractivity contribution in [1.82, 2.24) is 9.88 Å². The van der Waals surface area contributed by atoms with Crippen molar-refractivity contribution in [1.29, 1.82) is 0 Å². The van der Waals surface area contributed by atoms with Crippen molar-refractivity contribution in [2.75, 3.05) is 19.6 Å². The summed E-state index contributed by atoms with van der Waals surface area (Å²) in [7, 11) is 0. The van der Waals surface area contributed by atoms with Gasteiger partial charge in [0.2, 0.25) is 0 Å². The van der Waals surface area contributed by atoms with Crippen molar-refractivity contribution in [3.8, 4) is 0 Å². The Morgan fingerprint density at radius 3 is 2.82 bits per heavy atom. The molecule has 0 spiro atoms. The predicted molar refractivity (Wildman–Crippen MR) is 107 cm³/mol. The number of aliphatic hydroxyl groups excluding tert-OH is 2. The lowest BCUT2D eigenvalue weighted by Gasteiger charge is -2.38. The fourth-order valence-corrected chi connectivity index (χ4v) is 5.07. The third-order valence-electron chi connectivity index (χ3n) is 6.17. The topological polar surface area (TPSA) is 56.6 Å². The monoisotopic (exact) mass is 404 g/mol. The van der Waals surface area contributed by atoms with Crippen LogP contribution < -0.4 is 0 Å². The quantitative estimate of drug-likeness (QED) is 0.766. The molecule has 0 unspecified atom stereocenters. The van der Waals surface area contributed by atoms with E-state index in [4.69, 9.17) is 11.6 Å². The number of piperidine rings is 1. The normalized spacial score (nSPS) is 28.6. The second-order valence-corrected chi connectivity index (χ2v) is 8.47. The fraction of sp³-hybridized carbons (Fsp3) is 0.500. The second kappa shape index (κ2) is 8.46. The molecule has 0 bridgehead atoms. The molecule has 4 nitrogen and oxygen atoms in total. The average molecular weight is 405 g/mol. The van der Waals surface area contributed by atoms with Crippen LogP contribution in [-0.4, -0.2) is 45.8 Å². The summed E-state index contributed by atoms with van der Waals surface area (Å²) < 4.78 is 14.3. The number of rotatable bonds is 3. The molecule has 2 aromatic rings. The minimum Gasteiger partial charge on any atom is -0.391 e. The van der Waals surface area contributed by atoms with Crippen LogP contribution in [0, 0.1) is 11.7 Å². The zero-order valence-corrected chi connectivity index (χ0v) is 16.5. The molecule has 1 aromatic heterocycles. The lowest BCUT2D eigenvalue weighted by atomic mass is 9.86. The summed E-state index contributed by atoms with van der Waals surface area (Å²) >= 11 is 6.20. The molecule has 1 aliphatic carbocycles. The van der Waals surface area contributed by atoms with Crippen LogP contribution in [0.4, 0.5) is 4.39 Å². The third kappa shape index (κ3) is 4.08. The van der Waals surface area contributed by atoms with Gasteiger partial charge in [0.1, 0.15) is 5.82 Å². The number of hydrogen-bond acceptors (Lipinski definition) is 4. The summed E-state index contributed by atoms with van der Waals surface area (Å²) in [4.78, 5) is 6.59. The Labute approximate surface area is 170 Å². The number of fused-ring (bicyclic) bond motifs is 1. The molecule has 1 aromatic carbocycles. The summed E-state index contributed by atoms with van der Waals surface area (Å²) in [6, 6.07) is 8.63. The molecule has 4 rings (SSSR count). The average Bonchev–Trinajstić information content (AvgIpc) is 2.82. The lowest BCUT2D eigenvalue weighted by Crippen LogP contribution is -2.45. The molecule has 150 valence electrons. The first-order valence-corrected chi connectivity index (χ1v) is 10.4. The van der Waals surface area contributed by atoms with Gasteiger partial charge in [0.15, 0.2) is 0 Å². The van der Waals surface area contributed by atoms with Crippen LogP contribution in [0.15, 0.2) is 36.5 Å². The summed E-state index contributed by atoms with van der Waals surface area (Å²) in [5.41, 5.74) is 2.37. The van der Waals surface area contributed by atoms with Gasteiger partial charge in [-0.2, -0.15) is 0 Å². The smallest absolute Gasteiger partial charge is 0.128 e. The molecule has 0 amide bonds. The number of aryl methyl sites for hydroxylation is 1. The summed E-state index contributed by atoms with van der Waals surface area (Å²) in [5, 5.41) is 21.6. The van der Waals surface area contributed by atoms with Crippen molar-refractivity contribution in [3.05, 3.63) is 64.2 Å². The number of halogens is 2. The molecular weight excluding hydrogens is 379 g/mol. The largest absolute Gasteiger partial charge is 0.391 e. The van der Waals surface area contributed by atoms with Gasteiger partial charge in [-0.15, -0.1) is 0 Å². The molecule has 28 heavy (non-hydrogen) atoms. The van der Waals surface area contributed by atoms with E-state index in [2.05, 4.69) is 9.88 Å². The predicted octanol–water partition coefficient (Wildman–Crippen LogP) is 3.71. The van der Waals surface area contributed by atoms with E-state index in [0.717, 1.165) is 37.2 Å². The number of benzene rings is 1. The van der Waals surface area contributed by atoms with Gasteiger partial charge in [0, 0.05) is 35.8 Å². The Balaban J connectivity index is 1.39. The highest BCUT2D eigenvalue weighted by molar-refractivity contribution is 6.31. The van der Waals surface area contributed by atoms with Crippen molar-refractivity contribution in [2.45, 2.75) is 43.8 Å². The maximum Gasteiger partial charge on any atom is 0.128 e. The minimum absolute atomic E-state index is 0.280. The number of likely N-dealkylation sites (tertiary alicyclic amines) is 1. The first-order chi connectivity index (χ1) is 13.5. The molecule has 1 fully saturated rings.